The Morgan fingerprint density at radius 3 is 2.78 bits per heavy atom. The van der Waals surface area contributed by atoms with Gasteiger partial charge in [0.05, 0.1) is 6.10 Å². The summed E-state index contributed by atoms with van der Waals surface area (Å²) in [6, 6.07) is 0. The Morgan fingerprint density at radius 2 is 2.04 bits per heavy atom. The van der Waals surface area contributed by atoms with Crippen molar-refractivity contribution in [1.29, 1.82) is 0 Å². The predicted molar refractivity (Wildman–Crippen MR) is 91.3 cm³/mol. The van der Waals surface area contributed by atoms with E-state index in [9.17, 15) is 10.2 Å². The molecule has 2 nitrogen and oxygen atoms in total. The summed E-state index contributed by atoms with van der Waals surface area (Å²) >= 11 is 0. The molecule has 4 aliphatic rings. The molecule has 0 amide bonds. The van der Waals surface area contributed by atoms with Crippen molar-refractivity contribution in [3.8, 4) is 12.3 Å². The lowest BCUT2D eigenvalue weighted by molar-refractivity contribution is -0.0203. The smallest absolute Gasteiger partial charge is 0.134 e. The first kappa shape index (κ1) is 15.2. The molecule has 0 aromatic heterocycles. The molecular weight excluding hydrogens is 284 g/mol. The van der Waals surface area contributed by atoms with E-state index in [1.165, 1.54) is 5.57 Å². The standard InChI is InChI=1S/C21H26O2/c1-4-21(23)12-9-18-16-6-5-14-13-15(22)7-10-19(14,2)17(16)8-11-20(18,21)3/h1,5,7-8,10-11,15-18,22-23H,6,9,12-13H2,2-3H3/t15-,16+,17-,18-,19-,20-,21-/m0/s1. The van der Waals surface area contributed by atoms with Crippen LogP contribution in [0.3, 0.4) is 0 Å². The Balaban J connectivity index is 1.78. The van der Waals surface area contributed by atoms with Gasteiger partial charge in [-0.1, -0.05) is 55.7 Å². The normalized spacial score (nSPS) is 53.8. The van der Waals surface area contributed by atoms with E-state index in [1.807, 2.05) is 6.08 Å². The molecule has 4 aliphatic carbocycles. The summed E-state index contributed by atoms with van der Waals surface area (Å²) in [6.07, 6.45) is 19.8. The van der Waals surface area contributed by atoms with E-state index >= 15 is 0 Å². The van der Waals surface area contributed by atoms with Crippen molar-refractivity contribution in [3.63, 3.8) is 0 Å². The Bertz CT molecular complexity index is 666. The molecule has 23 heavy (non-hydrogen) atoms. The Morgan fingerprint density at radius 1 is 1.26 bits per heavy atom. The van der Waals surface area contributed by atoms with Crippen LogP contribution in [0.15, 0.2) is 36.0 Å². The van der Waals surface area contributed by atoms with Crippen LogP contribution in [0.1, 0.15) is 39.5 Å². The molecule has 0 radical (unpaired) electrons. The minimum Gasteiger partial charge on any atom is -0.389 e. The number of hydrogen-bond acceptors (Lipinski definition) is 2. The van der Waals surface area contributed by atoms with Crippen LogP contribution in [0.5, 0.6) is 0 Å². The fourth-order valence-electron chi connectivity index (χ4n) is 5.88. The first-order valence-corrected chi connectivity index (χ1v) is 8.80. The van der Waals surface area contributed by atoms with E-state index in [0.29, 0.717) is 24.2 Å². The molecule has 0 unspecified atom stereocenters. The topological polar surface area (TPSA) is 40.5 Å². The molecule has 0 spiro atoms. The summed E-state index contributed by atoms with van der Waals surface area (Å²) in [4.78, 5) is 0. The number of rotatable bonds is 0. The van der Waals surface area contributed by atoms with Crippen molar-refractivity contribution < 1.29 is 10.2 Å². The fourth-order valence-corrected chi connectivity index (χ4v) is 5.88. The number of terminal acetylenes is 1. The lowest BCUT2D eigenvalue weighted by Gasteiger charge is -2.54. The van der Waals surface area contributed by atoms with Gasteiger partial charge in [0.2, 0.25) is 0 Å². The van der Waals surface area contributed by atoms with Crippen molar-refractivity contribution in [3.05, 3.63) is 36.0 Å². The molecule has 2 heteroatoms. The zero-order valence-corrected chi connectivity index (χ0v) is 14.0. The second-order valence-corrected chi connectivity index (χ2v) is 8.36. The molecule has 2 N–H and O–H groups in total. The van der Waals surface area contributed by atoms with Gasteiger partial charge >= 0.3 is 0 Å². The summed E-state index contributed by atoms with van der Waals surface area (Å²) < 4.78 is 0. The second kappa shape index (κ2) is 4.62. The number of aliphatic hydroxyl groups is 2. The van der Waals surface area contributed by atoms with Crippen molar-refractivity contribution in [2.75, 3.05) is 0 Å². The molecule has 1 saturated carbocycles. The van der Waals surface area contributed by atoms with E-state index in [4.69, 9.17) is 6.42 Å². The first-order chi connectivity index (χ1) is 10.8. The number of aliphatic hydroxyl groups excluding tert-OH is 1. The van der Waals surface area contributed by atoms with Crippen LogP contribution in [-0.2, 0) is 0 Å². The third-order valence-corrected chi connectivity index (χ3v) is 7.46. The molecule has 7 atom stereocenters. The maximum absolute atomic E-state index is 10.9. The molecule has 0 saturated heterocycles. The molecule has 0 bridgehead atoms. The van der Waals surface area contributed by atoms with Gasteiger partial charge in [-0.25, -0.2) is 0 Å². The monoisotopic (exact) mass is 310 g/mol. The molecule has 0 aromatic rings. The zero-order valence-electron chi connectivity index (χ0n) is 14.0. The molecular formula is C21H26O2. The van der Waals surface area contributed by atoms with E-state index in [2.05, 4.69) is 44.1 Å². The zero-order chi connectivity index (χ0) is 16.5. The lowest BCUT2D eigenvalue weighted by Crippen LogP contribution is -2.51. The average Bonchev–Trinajstić information content (AvgIpc) is 2.80. The minimum absolute atomic E-state index is 0.00315. The van der Waals surface area contributed by atoms with E-state index < -0.39 is 5.60 Å². The Hall–Kier alpha value is -1.30. The summed E-state index contributed by atoms with van der Waals surface area (Å²) in [5.41, 5.74) is 0.0364. The van der Waals surface area contributed by atoms with Gasteiger partial charge in [-0.15, -0.1) is 6.42 Å². The van der Waals surface area contributed by atoms with Crippen LogP contribution < -0.4 is 0 Å². The van der Waals surface area contributed by atoms with E-state index in [0.717, 1.165) is 19.3 Å². The van der Waals surface area contributed by atoms with Crippen LogP contribution in [-0.4, -0.2) is 21.9 Å². The van der Waals surface area contributed by atoms with Gasteiger partial charge in [-0.3, -0.25) is 0 Å². The second-order valence-electron chi connectivity index (χ2n) is 8.36. The molecule has 1 fully saturated rings. The summed E-state index contributed by atoms with van der Waals surface area (Å²) in [5.74, 6) is 4.06. The quantitative estimate of drug-likeness (QED) is 0.533. The minimum atomic E-state index is -1.01. The van der Waals surface area contributed by atoms with Crippen molar-refractivity contribution in [2.45, 2.75) is 51.2 Å². The van der Waals surface area contributed by atoms with Gasteiger partial charge < -0.3 is 10.2 Å². The summed E-state index contributed by atoms with van der Waals surface area (Å²) in [6.45, 7) is 4.44. The number of allylic oxidation sites excluding steroid dienone is 3. The Kier molecular flexibility index (Phi) is 3.06. The van der Waals surface area contributed by atoms with Crippen molar-refractivity contribution in [2.24, 2.45) is 28.6 Å². The maximum atomic E-state index is 10.9. The number of fused-ring (bicyclic) bond motifs is 5. The molecule has 0 heterocycles. The maximum Gasteiger partial charge on any atom is 0.134 e. The predicted octanol–water partition coefficient (Wildman–Crippen LogP) is 3.23. The lowest BCUT2D eigenvalue weighted by atomic mass is 9.51. The largest absolute Gasteiger partial charge is 0.389 e. The highest BCUT2D eigenvalue weighted by Gasteiger charge is 2.61. The van der Waals surface area contributed by atoms with Crippen LogP contribution >= 0.6 is 0 Å². The third-order valence-electron chi connectivity index (χ3n) is 7.46. The van der Waals surface area contributed by atoms with Gasteiger partial charge in [0.25, 0.3) is 0 Å². The van der Waals surface area contributed by atoms with Crippen LogP contribution in [0, 0.1) is 40.9 Å². The fraction of sp³-hybridized carbons (Fsp3) is 0.619. The highest BCUT2D eigenvalue weighted by atomic mass is 16.3. The third kappa shape index (κ3) is 1.78. The average molecular weight is 310 g/mol. The highest BCUT2D eigenvalue weighted by molar-refractivity contribution is 5.38. The first-order valence-electron chi connectivity index (χ1n) is 8.80. The van der Waals surface area contributed by atoms with Gasteiger partial charge in [-0.05, 0) is 43.4 Å². The van der Waals surface area contributed by atoms with Crippen LogP contribution in [0.2, 0.25) is 0 Å². The van der Waals surface area contributed by atoms with Gasteiger partial charge in [0, 0.05) is 10.8 Å². The highest BCUT2D eigenvalue weighted by Crippen LogP contribution is 2.63. The van der Waals surface area contributed by atoms with Crippen LogP contribution in [0.25, 0.3) is 0 Å². The van der Waals surface area contributed by atoms with Gasteiger partial charge in [-0.2, -0.15) is 0 Å². The van der Waals surface area contributed by atoms with Crippen molar-refractivity contribution >= 4 is 0 Å². The van der Waals surface area contributed by atoms with Gasteiger partial charge in [0.1, 0.15) is 5.60 Å². The van der Waals surface area contributed by atoms with E-state index in [1.54, 1.807) is 0 Å². The SMILES string of the molecule is C#C[C@]1(O)CC[C@H]2[C@@H]3CC=C4C[C@@H](O)C=C[C@]4(C)[C@H]3C=C[C@@]21C. The van der Waals surface area contributed by atoms with Crippen LogP contribution in [0.4, 0.5) is 0 Å². The Labute approximate surface area is 139 Å². The molecule has 0 aliphatic heterocycles. The number of hydrogen-bond donors (Lipinski definition) is 2. The van der Waals surface area contributed by atoms with Crippen molar-refractivity contribution in [1.82, 2.24) is 0 Å². The summed E-state index contributed by atoms with van der Waals surface area (Å²) in [5, 5.41) is 20.9. The summed E-state index contributed by atoms with van der Waals surface area (Å²) in [7, 11) is 0. The van der Waals surface area contributed by atoms with E-state index in [-0.39, 0.29) is 16.9 Å². The molecule has 4 rings (SSSR count). The molecule has 122 valence electrons. The van der Waals surface area contributed by atoms with Gasteiger partial charge in [0.15, 0.2) is 0 Å². The molecule has 0 aromatic carbocycles.